The van der Waals surface area contributed by atoms with Crippen molar-refractivity contribution in [3.8, 4) is 16.8 Å². The van der Waals surface area contributed by atoms with E-state index in [2.05, 4.69) is 58.0 Å². The zero-order valence-electron chi connectivity index (χ0n) is 12.3. The molecule has 0 spiro atoms. The van der Waals surface area contributed by atoms with E-state index in [4.69, 9.17) is 0 Å². The monoisotopic (exact) mass is 285 g/mol. The number of hydrogen-bond acceptors (Lipinski definition) is 2. The van der Waals surface area contributed by atoms with Crippen molar-refractivity contribution in [1.29, 1.82) is 0 Å². The molecular formula is C19H15N3. The molecule has 0 aliphatic carbocycles. The maximum Gasteiger partial charge on any atom is 0.0668 e. The molecule has 0 saturated heterocycles. The summed E-state index contributed by atoms with van der Waals surface area (Å²) >= 11 is 0. The average Bonchev–Trinajstić information content (AvgIpc) is 3.00. The van der Waals surface area contributed by atoms with Gasteiger partial charge < -0.3 is 4.57 Å². The molecule has 0 radical (unpaired) electrons. The highest BCUT2D eigenvalue weighted by Crippen LogP contribution is 2.30. The minimum Gasteiger partial charge on any atom is -0.315 e. The average molecular weight is 285 g/mol. The maximum absolute atomic E-state index is 4.26. The molecule has 0 atom stereocenters. The van der Waals surface area contributed by atoms with Crippen LogP contribution in [0.15, 0.2) is 73.4 Å². The second-order valence-electron chi connectivity index (χ2n) is 5.33. The van der Waals surface area contributed by atoms with E-state index in [1.807, 2.05) is 30.7 Å². The van der Waals surface area contributed by atoms with Crippen LogP contribution in [0.25, 0.3) is 27.7 Å². The van der Waals surface area contributed by atoms with Crippen molar-refractivity contribution in [3.63, 3.8) is 0 Å². The maximum atomic E-state index is 4.26. The lowest BCUT2D eigenvalue weighted by Crippen LogP contribution is -1.95. The summed E-state index contributed by atoms with van der Waals surface area (Å²) in [5.41, 5.74) is 5.83. The first-order chi connectivity index (χ1) is 10.8. The molecule has 0 saturated carbocycles. The van der Waals surface area contributed by atoms with Crippen LogP contribution in [0, 0.1) is 6.92 Å². The minimum absolute atomic E-state index is 1.11. The number of hydrogen-bond donors (Lipinski definition) is 0. The molecule has 0 fully saturated rings. The Hall–Kier alpha value is -2.94. The van der Waals surface area contributed by atoms with Gasteiger partial charge in [-0.1, -0.05) is 18.2 Å². The van der Waals surface area contributed by atoms with E-state index in [-0.39, 0.29) is 0 Å². The van der Waals surface area contributed by atoms with Gasteiger partial charge >= 0.3 is 0 Å². The van der Waals surface area contributed by atoms with Crippen molar-refractivity contribution in [3.05, 3.63) is 79.0 Å². The summed E-state index contributed by atoms with van der Waals surface area (Å²) in [7, 11) is 0. The van der Waals surface area contributed by atoms with Crippen LogP contribution in [-0.4, -0.2) is 14.5 Å². The van der Waals surface area contributed by atoms with Crippen LogP contribution in [0.5, 0.6) is 0 Å². The molecule has 3 heterocycles. The van der Waals surface area contributed by atoms with E-state index in [1.54, 1.807) is 6.20 Å². The van der Waals surface area contributed by atoms with Crippen LogP contribution in [0.3, 0.4) is 0 Å². The van der Waals surface area contributed by atoms with E-state index in [9.17, 15) is 0 Å². The van der Waals surface area contributed by atoms with E-state index in [0.717, 1.165) is 11.3 Å². The van der Waals surface area contributed by atoms with Crippen molar-refractivity contribution in [2.45, 2.75) is 6.92 Å². The highest BCUT2D eigenvalue weighted by molar-refractivity contribution is 5.96. The van der Waals surface area contributed by atoms with Gasteiger partial charge in [-0.3, -0.25) is 9.97 Å². The van der Waals surface area contributed by atoms with Crippen molar-refractivity contribution in [2.24, 2.45) is 0 Å². The Morgan fingerprint density at radius 2 is 1.77 bits per heavy atom. The largest absolute Gasteiger partial charge is 0.315 e. The number of rotatable bonds is 2. The van der Waals surface area contributed by atoms with Crippen LogP contribution in [-0.2, 0) is 0 Å². The summed E-state index contributed by atoms with van der Waals surface area (Å²) in [5.74, 6) is 0. The summed E-state index contributed by atoms with van der Waals surface area (Å²) < 4.78 is 2.19. The Balaban J connectivity index is 1.97. The minimum atomic E-state index is 1.11. The third-order valence-corrected chi connectivity index (χ3v) is 3.98. The molecule has 0 bridgehead atoms. The highest BCUT2D eigenvalue weighted by Gasteiger charge is 2.09. The Labute approximate surface area is 128 Å². The number of pyridine rings is 2. The number of nitrogens with zero attached hydrogens (tertiary/aromatic N) is 3. The van der Waals surface area contributed by atoms with Gasteiger partial charge in [0.05, 0.1) is 17.4 Å². The Morgan fingerprint density at radius 3 is 2.59 bits per heavy atom. The molecule has 3 aromatic heterocycles. The number of benzene rings is 1. The van der Waals surface area contributed by atoms with Gasteiger partial charge in [0.15, 0.2) is 0 Å². The van der Waals surface area contributed by atoms with E-state index >= 15 is 0 Å². The third kappa shape index (κ3) is 1.99. The second kappa shape index (κ2) is 5.11. The molecule has 0 amide bonds. The van der Waals surface area contributed by atoms with Crippen LogP contribution >= 0.6 is 0 Å². The summed E-state index contributed by atoms with van der Waals surface area (Å²) in [6.07, 6.45) is 9.54. The predicted octanol–water partition coefficient (Wildman–Crippen LogP) is 4.40. The SMILES string of the molecule is Cc1ccncc1-n1ccc2c(-c3cccnc3)cccc21. The lowest BCUT2D eigenvalue weighted by Gasteiger charge is -2.09. The van der Waals surface area contributed by atoms with E-state index in [1.165, 1.54) is 22.0 Å². The lowest BCUT2D eigenvalue weighted by molar-refractivity contribution is 1.07. The first kappa shape index (κ1) is 12.8. The lowest BCUT2D eigenvalue weighted by atomic mass is 10.0. The molecule has 3 nitrogen and oxygen atoms in total. The van der Waals surface area contributed by atoms with Crippen LogP contribution in [0.4, 0.5) is 0 Å². The van der Waals surface area contributed by atoms with Gasteiger partial charge in [0.2, 0.25) is 0 Å². The smallest absolute Gasteiger partial charge is 0.0668 e. The zero-order chi connectivity index (χ0) is 14.9. The zero-order valence-corrected chi connectivity index (χ0v) is 12.3. The van der Waals surface area contributed by atoms with Gasteiger partial charge in [0.25, 0.3) is 0 Å². The first-order valence-corrected chi connectivity index (χ1v) is 7.26. The Kier molecular flexibility index (Phi) is 2.97. The van der Waals surface area contributed by atoms with E-state index < -0.39 is 0 Å². The van der Waals surface area contributed by atoms with Gasteiger partial charge in [-0.15, -0.1) is 0 Å². The fourth-order valence-corrected chi connectivity index (χ4v) is 2.86. The van der Waals surface area contributed by atoms with Gasteiger partial charge in [0.1, 0.15) is 0 Å². The predicted molar refractivity (Wildman–Crippen MR) is 89.0 cm³/mol. The first-order valence-electron chi connectivity index (χ1n) is 7.26. The van der Waals surface area contributed by atoms with E-state index in [0.29, 0.717) is 0 Å². The Morgan fingerprint density at radius 1 is 0.864 bits per heavy atom. The van der Waals surface area contributed by atoms with Gasteiger partial charge in [0, 0.05) is 35.7 Å². The molecule has 0 aliphatic rings. The van der Waals surface area contributed by atoms with Crippen LogP contribution < -0.4 is 0 Å². The molecule has 4 rings (SSSR count). The van der Waals surface area contributed by atoms with Crippen molar-refractivity contribution >= 4 is 10.9 Å². The molecule has 22 heavy (non-hydrogen) atoms. The molecule has 4 aromatic rings. The van der Waals surface area contributed by atoms with Crippen LogP contribution in [0.2, 0.25) is 0 Å². The third-order valence-electron chi connectivity index (χ3n) is 3.98. The van der Waals surface area contributed by atoms with Gasteiger partial charge in [-0.2, -0.15) is 0 Å². The van der Waals surface area contributed by atoms with Crippen molar-refractivity contribution in [2.75, 3.05) is 0 Å². The topological polar surface area (TPSA) is 30.7 Å². The normalized spacial score (nSPS) is 11.0. The molecule has 1 aromatic carbocycles. The van der Waals surface area contributed by atoms with Gasteiger partial charge in [-0.05, 0) is 42.3 Å². The molecule has 0 unspecified atom stereocenters. The van der Waals surface area contributed by atoms with Crippen molar-refractivity contribution in [1.82, 2.24) is 14.5 Å². The molecule has 3 heteroatoms. The number of fused-ring (bicyclic) bond motifs is 1. The quantitative estimate of drug-likeness (QED) is 0.546. The molecule has 0 aliphatic heterocycles. The fourth-order valence-electron chi connectivity index (χ4n) is 2.86. The Bertz CT molecular complexity index is 939. The number of aryl methyl sites for hydroxylation is 1. The highest BCUT2D eigenvalue weighted by atomic mass is 15.0. The second-order valence-corrected chi connectivity index (χ2v) is 5.33. The number of aromatic nitrogens is 3. The summed E-state index contributed by atoms with van der Waals surface area (Å²) in [6.45, 7) is 2.10. The summed E-state index contributed by atoms with van der Waals surface area (Å²) in [5, 5.41) is 1.22. The standard InChI is InChI=1S/C19H15N3/c1-14-7-10-21-13-19(14)22-11-8-17-16(5-2-6-18(17)22)15-4-3-9-20-12-15/h2-13H,1H3. The van der Waals surface area contributed by atoms with Crippen molar-refractivity contribution < 1.29 is 0 Å². The summed E-state index contributed by atoms with van der Waals surface area (Å²) in [4.78, 5) is 8.49. The molecule has 0 N–H and O–H groups in total. The fraction of sp³-hybridized carbons (Fsp3) is 0.0526. The molecule has 106 valence electrons. The molecular weight excluding hydrogens is 270 g/mol. The van der Waals surface area contributed by atoms with Crippen LogP contribution in [0.1, 0.15) is 5.56 Å². The summed E-state index contributed by atoms with van der Waals surface area (Å²) in [6, 6.07) is 14.6. The van der Waals surface area contributed by atoms with Gasteiger partial charge in [-0.25, -0.2) is 0 Å².